The highest BCUT2D eigenvalue weighted by Crippen LogP contribution is 2.39. The fourth-order valence-electron chi connectivity index (χ4n) is 3.64. The summed E-state index contributed by atoms with van der Waals surface area (Å²) in [6.45, 7) is 4.27. The topological polar surface area (TPSA) is 20.3 Å². The quantitative estimate of drug-likeness (QED) is 0.388. The fourth-order valence-corrected chi connectivity index (χ4v) is 4.10. The van der Waals surface area contributed by atoms with Crippen LogP contribution in [0.15, 0.2) is 84.4 Å². The zero-order chi connectivity index (χ0) is 21.3. The highest BCUT2D eigenvalue weighted by molar-refractivity contribution is 6.35. The largest absolute Gasteiger partial charge is 0.276 e. The van der Waals surface area contributed by atoms with Crippen molar-refractivity contribution in [3.05, 3.63) is 111 Å². The van der Waals surface area contributed by atoms with Gasteiger partial charge in [-0.2, -0.15) is 0 Å². The second-order valence-corrected chi connectivity index (χ2v) is 8.36. The van der Waals surface area contributed by atoms with Crippen LogP contribution >= 0.6 is 23.2 Å². The van der Waals surface area contributed by atoms with Crippen LogP contribution in [0, 0.1) is 0 Å². The van der Waals surface area contributed by atoms with Crippen LogP contribution in [0.25, 0.3) is 11.8 Å². The second kappa shape index (κ2) is 8.51. The molecule has 0 N–H and O–H groups in total. The molecule has 3 aromatic rings. The van der Waals surface area contributed by atoms with E-state index in [9.17, 15) is 4.79 Å². The molecule has 2 nitrogen and oxygen atoms in total. The lowest BCUT2D eigenvalue weighted by atomic mass is 10.00. The van der Waals surface area contributed by atoms with Crippen molar-refractivity contribution in [2.45, 2.75) is 19.8 Å². The zero-order valence-corrected chi connectivity index (χ0v) is 18.3. The first kappa shape index (κ1) is 20.5. The molecule has 1 aliphatic rings. The molecule has 0 aliphatic carbocycles. The predicted molar refractivity (Wildman–Crippen MR) is 127 cm³/mol. The number of hydrogen-bond donors (Lipinski definition) is 0. The average Bonchev–Trinajstić information content (AvgIpc) is 3.06. The van der Waals surface area contributed by atoms with Crippen LogP contribution in [0.3, 0.4) is 0 Å². The summed E-state index contributed by atoms with van der Waals surface area (Å²) < 4.78 is 0. The van der Waals surface area contributed by atoms with E-state index < -0.39 is 0 Å². The predicted octanol–water partition coefficient (Wildman–Crippen LogP) is 7.59. The number of carbonyl (C=O) groups is 1. The van der Waals surface area contributed by atoms with E-state index >= 15 is 0 Å². The minimum atomic E-state index is -0.0760. The van der Waals surface area contributed by atoms with Crippen LogP contribution in [0.4, 0.5) is 5.69 Å². The number of rotatable bonds is 4. The van der Waals surface area contributed by atoms with Gasteiger partial charge in [-0.3, -0.25) is 9.69 Å². The number of halogens is 2. The van der Waals surface area contributed by atoms with Gasteiger partial charge in [0.25, 0.3) is 5.91 Å². The molecule has 1 amide bonds. The van der Waals surface area contributed by atoms with E-state index in [4.69, 9.17) is 23.2 Å². The second-order valence-electron chi connectivity index (χ2n) is 7.52. The minimum absolute atomic E-state index is 0.0760. The van der Waals surface area contributed by atoms with Crippen LogP contribution < -0.4 is 4.90 Å². The molecule has 0 fully saturated rings. The average molecular weight is 434 g/mol. The third kappa shape index (κ3) is 3.94. The van der Waals surface area contributed by atoms with Gasteiger partial charge < -0.3 is 0 Å². The first-order valence-corrected chi connectivity index (χ1v) is 10.6. The lowest BCUT2D eigenvalue weighted by molar-refractivity contribution is -0.113. The number of para-hydroxylation sites is 1. The molecular formula is C26H21Cl2NO. The number of hydrogen-bond acceptors (Lipinski definition) is 1. The molecule has 0 aromatic heterocycles. The van der Waals surface area contributed by atoms with Crippen LogP contribution in [0.5, 0.6) is 0 Å². The Bertz CT molecular complexity index is 1160. The van der Waals surface area contributed by atoms with E-state index in [1.54, 1.807) is 17.0 Å². The molecule has 0 saturated heterocycles. The summed E-state index contributed by atoms with van der Waals surface area (Å²) in [4.78, 5) is 15.4. The Balaban J connectivity index is 1.87. The number of carbonyl (C=O) groups excluding carboxylic acids is 1. The Morgan fingerprint density at radius 2 is 1.60 bits per heavy atom. The van der Waals surface area contributed by atoms with Crippen molar-refractivity contribution >= 4 is 46.6 Å². The molecule has 1 aliphatic heterocycles. The van der Waals surface area contributed by atoms with Crippen molar-refractivity contribution in [2.24, 2.45) is 0 Å². The molecule has 4 rings (SSSR count). The van der Waals surface area contributed by atoms with Crippen LogP contribution in [0.1, 0.15) is 36.5 Å². The maximum Gasteiger partial charge on any atom is 0.262 e. The summed E-state index contributed by atoms with van der Waals surface area (Å²) in [5.74, 6) is 0.206. The van der Waals surface area contributed by atoms with Crippen molar-refractivity contribution in [1.82, 2.24) is 0 Å². The van der Waals surface area contributed by atoms with Gasteiger partial charge in [0.2, 0.25) is 0 Å². The molecule has 1 heterocycles. The van der Waals surface area contributed by atoms with Gasteiger partial charge >= 0.3 is 0 Å². The van der Waals surface area contributed by atoms with Gasteiger partial charge in [0.1, 0.15) is 0 Å². The number of amides is 1. The van der Waals surface area contributed by atoms with Crippen molar-refractivity contribution in [1.29, 1.82) is 0 Å². The molecule has 0 saturated carbocycles. The van der Waals surface area contributed by atoms with Gasteiger partial charge in [0, 0.05) is 15.6 Å². The van der Waals surface area contributed by atoms with Crippen molar-refractivity contribution < 1.29 is 4.79 Å². The molecule has 0 unspecified atom stereocenters. The van der Waals surface area contributed by atoms with Crippen molar-refractivity contribution in [3.8, 4) is 0 Å². The maximum atomic E-state index is 13.6. The zero-order valence-electron chi connectivity index (χ0n) is 16.8. The third-order valence-corrected chi connectivity index (χ3v) is 5.69. The molecule has 4 heteroatoms. The maximum absolute atomic E-state index is 13.6. The van der Waals surface area contributed by atoms with E-state index in [0.717, 1.165) is 28.1 Å². The molecular weight excluding hydrogens is 413 g/mol. The van der Waals surface area contributed by atoms with E-state index in [1.807, 2.05) is 66.7 Å². The van der Waals surface area contributed by atoms with Crippen LogP contribution in [0.2, 0.25) is 10.0 Å². The van der Waals surface area contributed by atoms with Gasteiger partial charge in [-0.25, -0.2) is 0 Å². The van der Waals surface area contributed by atoms with Crippen LogP contribution in [-0.2, 0) is 4.79 Å². The van der Waals surface area contributed by atoms with Gasteiger partial charge in [-0.05, 0) is 53.0 Å². The number of benzene rings is 3. The fraction of sp³-hybridized carbons (Fsp3) is 0.115. The van der Waals surface area contributed by atoms with E-state index in [2.05, 4.69) is 19.9 Å². The van der Waals surface area contributed by atoms with Gasteiger partial charge in [-0.15, -0.1) is 0 Å². The van der Waals surface area contributed by atoms with Crippen LogP contribution in [-0.4, -0.2) is 5.91 Å². The number of nitrogens with zero attached hydrogens (tertiary/aromatic N) is 1. The molecule has 0 bridgehead atoms. The Morgan fingerprint density at radius 3 is 2.30 bits per heavy atom. The van der Waals surface area contributed by atoms with Crippen molar-refractivity contribution in [3.63, 3.8) is 0 Å². The van der Waals surface area contributed by atoms with E-state index in [1.165, 1.54) is 0 Å². The molecule has 0 atom stereocenters. The first-order chi connectivity index (χ1) is 14.5. The lowest BCUT2D eigenvalue weighted by Gasteiger charge is -2.25. The van der Waals surface area contributed by atoms with E-state index in [0.29, 0.717) is 15.6 Å². The first-order valence-electron chi connectivity index (χ1n) is 9.83. The van der Waals surface area contributed by atoms with Gasteiger partial charge in [0.05, 0.1) is 11.4 Å². The smallest absolute Gasteiger partial charge is 0.262 e. The molecule has 0 spiro atoms. The molecule has 3 aromatic carbocycles. The Kier molecular flexibility index (Phi) is 5.80. The Hall–Kier alpha value is -2.81. The monoisotopic (exact) mass is 433 g/mol. The Labute approximate surface area is 187 Å². The SMILES string of the molecule is CC(C)c1ccccc1N1C(=O)/C(=C/c2ccc(Cl)cc2Cl)C=C1c1ccccc1. The normalized spacial score (nSPS) is 15.2. The van der Waals surface area contributed by atoms with Crippen molar-refractivity contribution in [2.75, 3.05) is 4.90 Å². The molecule has 150 valence electrons. The summed E-state index contributed by atoms with van der Waals surface area (Å²) in [5, 5.41) is 1.08. The highest BCUT2D eigenvalue weighted by atomic mass is 35.5. The van der Waals surface area contributed by atoms with Gasteiger partial charge in [0.15, 0.2) is 0 Å². The third-order valence-electron chi connectivity index (χ3n) is 5.13. The van der Waals surface area contributed by atoms with E-state index in [-0.39, 0.29) is 11.8 Å². The summed E-state index contributed by atoms with van der Waals surface area (Å²) in [5.41, 5.74) is 5.19. The minimum Gasteiger partial charge on any atom is -0.276 e. The summed E-state index contributed by atoms with van der Waals surface area (Å²) in [7, 11) is 0. The molecule has 0 radical (unpaired) electrons. The standard InChI is InChI=1S/C26H21Cl2NO/c1-17(2)22-10-6-7-11-24(22)29-25(18-8-4-3-5-9-18)15-20(26(29)30)14-19-12-13-21(27)16-23(19)28/h3-17H,1-2H3/b20-14+. The summed E-state index contributed by atoms with van der Waals surface area (Å²) in [6.07, 6.45) is 3.75. The van der Waals surface area contributed by atoms with Gasteiger partial charge in [-0.1, -0.05) is 91.6 Å². The summed E-state index contributed by atoms with van der Waals surface area (Å²) >= 11 is 12.4. The number of anilines is 1. The lowest BCUT2D eigenvalue weighted by Crippen LogP contribution is -2.26. The Morgan fingerprint density at radius 1 is 0.900 bits per heavy atom. The summed E-state index contributed by atoms with van der Waals surface area (Å²) in [6, 6.07) is 23.3. The highest BCUT2D eigenvalue weighted by Gasteiger charge is 2.32. The molecule has 30 heavy (non-hydrogen) atoms.